The normalized spacial score (nSPS) is 29.7. The van der Waals surface area contributed by atoms with Crippen molar-refractivity contribution in [2.45, 2.75) is 37.7 Å². The molecule has 0 amide bonds. The zero-order chi connectivity index (χ0) is 15.9. The third-order valence-corrected chi connectivity index (χ3v) is 8.73. The predicted octanol–water partition coefficient (Wildman–Crippen LogP) is 2.44. The van der Waals surface area contributed by atoms with Crippen LogP contribution in [0.1, 0.15) is 36.1 Å². The van der Waals surface area contributed by atoms with E-state index in [1.807, 2.05) is 11.3 Å². The molecule has 2 fully saturated rings. The van der Waals surface area contributed by atoms with Crippen molar-refractivity contribution in [3.8, 4) is 0 Å². The number of piperidine rings is 1. The van der Waals surface area contributed by atoms with Gasteiger partial charge in [0.15, 0.2) is 9.84 Å². The van der Waals surface area contributed by atoms with Gasteiger partial charge in [-0.25, -0.2) is 8.42 Å². The molecule has 0 bridgehead atoms. The Morgan fingerprint density at radius 3 is 2.91 bits per heavy atom. The van der Waals surface area contributed by atoms with E-state index in [0.717, 1.165) is 58.3 Å². The Morgan fingerprint density at radius 1 is 1.35 bits per heavy atom. The molecule has 1 unspecified atom stereocenters. The van der Waals surface area contributed by atoms with Crippen molar-refractivity contribution in [2.75, 3.05) is 37.7 Å². The van der Waals surface area contributed by atoms with Crippen LogP contribution in [0.2, 0.25) is 0 Å². The average Bonchev–Trinajstić information content (AvgIpc) is 3.14. The highest BCUT2D eigenvalue weighted by Crippen LogP contribution is 2.44. The summed E-state index contributed by atoms with van der Waals surface area (Å²) >= 11 is 1.86. The van der Waals surface area contributed by atoms with Gasteiger partial charge < -0.3 is 9.64 Å². The van der Waals surface area contributed by atoms with Gasteiger partial charge in [-0.15, -0.1) is 11.3 Å². The second kappa shape index (κ2) is 6.14. The van der Waals surface area contributed by atoms with E-state index in [1.54, 1.807) is 0 Å². The van der Waals surface area contributed by atoms with Gasteiger partial charge in [0, 0.05) is 18.0 Å². The van der Waals surface area contributed by atoms with Crippen LogP contribution in [0.3, 0.4) is 0 Å². The van der Waals surface area contributed by atoms with E-state index in [0.29, 0.717) is 17.4 Å². The molecule has 0 radical (unpaired) electrons. The molecule has 0 saturated carbocycles. The molecule has 4 heterocycles. The molecule has 1 atom stereocenters. The molecule has 1 spiro atoms. The van der Waals surface area contributed by atoms with Gasteiger partial charge in [0.25, 0.3) is 0 Å². The molecule has 4 nitrogen and oxygen atoms in total. The van der Waals surface area contributed by atoms with Crippen molar-refractivity contribution >= 4 is 21.2 Å². The first kappa shape index (κ1) is 16.1. The summed E-state index contributed by atoms with van der Waals surface area (Å²) in [5.41, 5.74) is 1.46. The average molecular weight is 356 g/mol. The fraction of sp³-hybridized carbons (Fsp3) is 0.765. The third kappa shape index (κ3) is 3.23. The van der Waals surface area contributed by atoms with Crippen LogP contribution in [-0.4, -0.2) is 51.1 Å². The van der Waals surface area contributed by atoms with Crippen molar-refractivity contribution in [2.24, 2.45) is 5.92 Å². The number of likely N-dealkylation sites (tertiary alicyclic amines) is 1. The molecule has 3 aliphatic heterocycles. The molecule has 23 heavy (non-hydrogen) atoms. The lowest BCUT2D eigenvalue weighted by Gasteiger charge is -2.44. The number of ether oxygens (including phenoxy) is 1. The first-order valence-corrected chi connectivity index (χ1v) is 11.4. The minimum absolute atomic E-state index is 0.0328. The highest BCUT2D eigenvalue weighted by atomic mass is 32.2. The molecule has 1 aromatic heterocycles. The van der Waals surface area contributed by atoms with Gasteiger partial charge in [0.05, 0.1) is 18.1 Å². The summed E-state index contributed by atoms with van der Waals surface area (Å²) in [6, 6.07) is 2.26. The van der Waals surface area contributed by atoms with E-state index in [1.165, 1.54) is 10.4 Å². The Hall–Kier alpha value is -0.430. The maximum Gasteiger partial charge on any atom is 0.150 e. The van der Waals surface area contributed by atoms with E-state index >= 15 is 0 Å². The predicted molar refractivity (Wildman–Crippen MR) is 92.7 cm³/mol. The Balaban J connectivity index is 1.32. The minimum atomic E-state index is -2.73. The van der Waals surface area contributed by atoms with E-state index in [9.17, 15) is 8.42 Å². The number of sulfone groups is 1. The van der Waals surface area contributed by atoms with Crippen molar-refractivity contribution in [1.29, 1.82) is 0 Å². The second-order valence-corrected chi connectivity index (χ2v) is 10.4. The van der Waals surface area contributed by atoms with Crippen molar-refractivity contribution in [3.63, 3.8) is 0 Å². The molecular weight excluding hydrogens is 330 g/mol. The highest BCUT2D eigenvalue weighted by Gasteiger charge is 2.41. The largest absolute Gasteiger partial charge is 0.369 e. The van der Waals surface area contributed by atoms with Crippen molar-refractivity contribution < 1.29 is 13.2 Å². The summed E-state index contributed by atoms with van der Waals surface area (Å²) in [4.78, 5) is 3.96. The zero-order valence-electron chi connectivity index (χ0n) is 13.5. The Morgan fingerprint density at radius 2 is 2.17 bits per heavy atom. The Kier molecular flexibility index (Phi) is 4.28. The zero-order valence-corrected chi connectivity index (χ0v) is 15.1. The monoisotopic (exact) mass is 355 g/mol. The molecule has 128 valence electrons. The van der Waals surface area contributed by atoms with E-state index in [-0.39, 0.29) is 5.60 Å². The van der Waals surface area contributed by atoms with Crippen molar-refractivity contribution in [3.05, 3.63) is 21.9 Å². The first-order chi connectivity index (χ1) is 11.1. The van der Waals surface area contributed by atoms with Crippen LogP contribution in [0.5, 0.6) is 0 Å². The van der Waals surface area contributed by atoms with E-state index in [2.05, 4.69) is 16.3 Å². The molecule has 1 aromatic rings. The number of thiophene rings is 1. The fourth-order valence-corrected chi connectivity index (χ4v) is 7.41. The van der Waals surface area contributed by atoms with Gasteiger partial charge in [-0.2, -0.15) is 0 Å². The summed E-state index contributed by atoms with van der Waals surface area (Å²) < 4.78 is 29.4. The second-order valence-electron chi connectivity index (χ2n) is 7.27. The number of fused-ring (bicyclic) bond motifs is 2. The Bertz CT molecular complexity index is 659. The summed E-state index contributed by atoms with van der Waals surface area (Å²) in [6.45, 7) is 4.02. The standard InChI is InChI=1S/C17H25NO3S2/c19-23(20)12-4-14(13-23)1-7-18-8-5-17(6-9-18)16-15(2-10-21-17)3-11-22-16/h3,11,14H,1-2,4-10,12-13H2. The van der Waals surface area contributed by atoms with Gasteiger partial charge >= 0.3 is 0 Å². The van der Waals surface area contributed by atoms with Crippen LogP contribution in [-0.2, 0) is 26.6 Å². The number of hydrogen-bond donors (Lipinski definition) is 0. The first-order valence-electron chi connectivity index (χ1n) is 8.70. The molecule has 2 saturated heterocycles. The lowest BCUT2D eigenvalue weighted by Crippen LogP contribution is -2.46. The number of hydrogen-bond acceptors (Lipinski definition) is 5. The lowest BCUT2D eigenvalue weighted by molar-refractivity contribution is -0.0953. The molecule has 0 aliphatic carbocycles. The molecule has 4 rings (SSSR count). The van der Waals surface area contributed by atoms with Gasteiger partial charge in [0.1, 0.15) is 5.60 Å². The summed E-state index contributed by atoms with van der Waals surface area (Å²) in [6.07, 6.45) is 5.09. The van der Waals surface area contributed by atoms with Crippen LogP contribution in [0.25, 0.3) is 0 Å². The van der Waals surface area contributed by atoms with Gasteiger partial charge in [-0.05, 0) is 61.6 Å². The maximum atomic E-state index is 11.6. The van der Waals surface area contributed by atoms with E-state index in [4.69, 9.17) is 4.74 Å². The van der Waals surface area contributed by atoms with Crippen molar-refractivity contribution in [1.82, 2.24) is 4.90 Å². The number of rotatable bonds is 3. The summed E-state index contributed by atoms with van der Waals surface area (Å²) in [7, 11) is -2.73. The van der Waals surface area contributed by atoms with Crippen LogP contribution in [0.15, 0.2) is 11.4 Å². The minimum Gasteiger partial charge on any atom is -0.369 e. The fourth-order valence-electron chi connectivity index (χ4n) is 4.33. The summed E-state index contributed by atoms with van der Waals surface area (Å²) in [5, 5.41) is 2.20. The molecule has 6 heteroatoms. The van der Waals surface area contributed by atoms with E-state index < -0.39 is 9.84 Å². The third-order valence-electron chi connectivity index (χ3n) is 5.75. The maximum absolute atomic E-state index is 11.6. The summed E-state index contributed by atoms with van der Waals surface area (Å²) in [5.74, 6) is 1.19. The highest BCUT2D eigenvalue weighted by molar-refractivity contribution is 7.91. The van der Waals surface area contributed by atoms with Crippen LogP contribution >= 0.6 is 11.3 Å². The quantitative estimate of drug-likeness (QED) is 0.835. The van der Waals surface area contributed by atoms with Crippen LogP contribution < -0.4 is 0 Å². The van der Waals surface area contributed by atoms with Gasteiger partial charge in [-0.3, -0.25) is 0 Å². The van der Waals surface area contributed by atoms with Gasteiger partial charge in [-0.1, -0.05) is 0 Å². The SMILES string of the molecule is O=S1(=O)CCC(CCN2CCC3(CC2)OCCc2ccsc23)C1. The van der Waals surface area contributed by atoms with Crippen LogP contribution in [0.4, 0.5) is 0 Å². The lowest BCUT2D eigenvalue weighted by atomic mass is 9.85. The number of nitrogens with zero attached hydrogens (tertiary/aromatic N) is 1. The topological polar surface area (TPSA) is 46.6 Å². The molecule has 0 N–H and O–H groups in total. The van der Waals surface area contributed by atoms with Gasteiger partial charge in [0.2, 0.25) is 0 Å². The van der Waals surface area contributed by atoms with Crippen LogP contribution in [0, 0.1) is 5.92 Å². The molecule has 3 aliphatic rings. The Labute approximate surface area is 142 Å². The molecular formula is C17H25NO3S2. The molecule has 0 aromatic carbocycles. The smallest absolute Gasteiger partial charge is 0.150 e.